The summed E-state index contributed by atoms with van der Waals surface area (Å²) in [5, 5.41) is 9.76. The van der Waals surface area contributed by atoms with E-state index >= 15 is 0 Å². The molecule has 3 N–H and O–H groups in total. The SMILES string of the molecule is CC[C@@H](CNc1ccc(OCC(=O)OC(C)(C)C)cc1)NC(=O)[C@H](CC(C)C)Nc1cc(-c2ccccc2)oc(=O)c1. The quantitative estimate of drug-likeness (QED) is 0.204. The molecule has 0 radical (unpaired) electrons. The zero-order chi connectivity index (χ0) is 30.7. The van der Waals surface area contributed by atoms with Gasteiger partial charge in [0.1, 0.15) is 23.2 Å². The van der Waals surface area contributed by atoms with Crippen LogP contribution in [-0.2, 0) is 14.3 Å². The van der Waals surface area contributed by atoms with E-state index < -0.39 is 23.2 Å². The molecule has 0 aliphatic rings. The first-order chi connectivity index (χ1) is 19.9. The molecule has 0 aliphatic carbocycles. The van der Waals surface area contributed by atoms with Gasteiger partial charge in [-0.05, 0) is 63.8 Å². The topological polar surface area (TPSA) is 119 Å². The second-order valence-electron chi connectivity index (χ2n) is 11.6. The normalized spacial score (nSPS) is 12.7. The molecule has 3 rings (SSSR count). The van der Waals surface area contributed by atoms with E-state index in [0.29, 0.717) is 30.2 Å². The third-order valence-corrected chi connectivity index (χ3v) is 6.22. The molecule has 9 heteroatoms. The fourth-order valence-corrected chi connectivity index (χ4v) is 4.23. The fraction of sp³-hybridized carbons (Fsp3) is 0.424. The average Bonchev–Trinajstić information content (AvgIpc) is 2.93. The molecule has 42 heavy (non-hydrogen) atoms. The lowest BCUT2D eigenvalue weighted by atomic mass is 10.0. The molecular weight excluding hydrogens is 534 g/mol. The van der Waals surface area contributed by atoms with Crippen molar-refractivity contribution in [2.24, 2.45) is 5.92 Å². The molecule has 0 fully saturated rings. The maximum absolute atomic E-state index is 13.4. The first-order valence-corrected chi connectivity index (χ1v) is 14.4. The molecule has 2 atom stereocenters. The summed E-state index contributed by atoms with van der Waals surface area (Å²) in [4.78, 5) is 37.6. The maximum atomic E-state index is 13.4. The molecule has 0 saturated heterocycles. The number of anilines is 2. The number of hydrogen-bond acceptors (Lipinski definition) is 8. The Labute approximate surface area is 248 Å². The van der Waals surface area contributed by atoms with Crippen molar-refractivity contribution in [1.82, 2.24) is 5.32 Å². The number of esters is 1. The molecule has 0 saturated carbocycles. The molecule has 0 bridgehead atoms. The Balaban J connectivity index is 1.58. The van der Waals surface area contributed by atoms with Crippen LogP contribution in [0.2, 0.25) is 0 Å². The van der Waals surface area contributed by atoms with E-state index in [4.69, 9.17) is 13.9 Å². The third-order valence-electron chi connectivity index (χ3n) is 6.22. The summed E-state index contributed by atoms with van der Waals surface area (Å²) < 4.78 is 16.2. The highest BCUT2D eigenvalue weighted by molar-refractivity contribution is 5.85. The van der Waals surface area contributed by atoms with E-state index in [0.717, 1.165) is 17.7 Å². The monoisotopic (exact) mass is 577 g/mol. The van der Waals surface area contributed by atoms with Crippen LogP contribution in [0.15, 0.2) is 75.9 Å². The second kappa shape index (κ2) is 15.1. The molecule has 226 valence electrons. The van der Waals surface area contributed by atoms with Gasteiger partial charge in [0.15, 0.2) is 6.61 Å². The molecule has 1 aromatic heterocycles. The Bertz CT molecular complexity index is 1350. The highest BCUT2D eigenvalue weighted by atomic mass is 16.6. The van der Waals surface area contributed by atoms with Crippen molar-refractivity contribution in [1.29, 1.82) is 0 Å². The van der Waals surface area contributed by atoms with Crippen molar-refractivity contribution < 1.29 is 23.5 Å². The average molecular weight is 578 g/mol. The maximum Gasteiger partial charge on any atom is 0.344 e. The lowest BCUT2D eigenvalue weighted by molar-refractivity contribution is -0.157. The fourth-order valence-electron chi connectivity index (χ4n) is 4.23. The molecule has 1 amide bonds. The first-order valence-electron chi connectivity index (χ1n) is 14.4. The van der Waals surface area contributed by atoms with E-state index in [1.54, 1.807) is 18.2 Å². The number of carbonyl (C=O) groups excluding carboxylic acids is 2. The summed E-state index contributed by atoms with van der Waals surface area (Å²) in [7, 11) is 0. The van der Waals surface area contributed by atoms with E-state index in [-0.39, 0.29) is 24.5 Å². The van der Waals surface area contributed by atoms with Crippen LogP contribution >= 0.6 is 0 Å². The Morgan fingerprint density at radius 3 is 2.26 bits per heavy atom. The number of benzene rings is 2. The third kappa shape index (κ3) is 11.0. The lowest BCUT2D eigenvalue weighted by Crippen LogP contribution is -2.47. The number of amides is 1. The van der Waals surface area contributed by atoms with E-state index in [9.17, 15) is 14.4 Å². The van der Waals surface area contributed by atoms with Crippen LogP contribution in [0.3, 0.4) is 0 Å². The summed E-state index contributed by atoms with van der Waals surface area (Å²) in [5.41, 5.74) is 1.12. The summed E-state index contributed by atoms with van der Waals surface area (Å²) in [6, 6.07) is 19.1. The van der Waals surface area contributed by atoms with E-state index in [1.165, 1.54) is 6.07 Å². The van der Waals surface area contributed by atoms with Gasteiger partial charge in [0, 0.05) is 41.7 Å². The first kappa shape index (κ1) is 32.2. The summed E-state index contributed by atoms with van der Waals surface area (Å²) in [6.45, 7) is 11.9. The largest absolute Gasteiger partial charge is 0.482 e. The van der Waals surface area contributed by atoms with Crippen LogP contribution < -0.4 is 26.3 Å². The zero-order valence-corrected chi connectivity index (χ0v) is 25.4. The van der Waals surface area contributed by atoms with Crippen LogP contribution in [0.1, 0.15) is 54.4 Å². The van der Waals surface area contributed by atoms with Crippen molar-refractivity contribution >= 4 is 23.3 Å². The molecule has 9 nitrogen and oxygen atoms in total. The number of nitrogens with one attached hydrogen (secondary N) is 3. The Hall–Kier alpha value is -4.27. The minimum Gasteiger partial charge on any atom is -0.482 e. The van der Waals surface area contributed by atoms with Crippen molar-refractivity contribution in [2.45, 2.75) is 72.1 Å². The van der Waals surface area contributed by atoms with Gasteiger partial charge in [0.05, 0.1) is 0 Å². The lowest BCUT2D eigenvalue weighted by Gasteiger charge is -2.25. The van der Waals surface area contributed by atoms with Gasteiger partial charge < -0.3 is 29.8 Å². The predicted molar refractivity (Wildman–Crippen MR) is 166 cm³/mol. The predicted octanol–water partition coefficient (Wildman–Crippen LogP) is 5.86. The second-order valence-corrected chi connectivity index (χ2v) is 11.6. The van der Waals surface area contributed by atoms with Gasteiger partial charge in [-0.1, -0.05) is 51.1 Å². The van der Waals surface area contributed by atoms with E-state index in [1.807, 2.05) is 70.2 Å². The highest BCUT2D eigenvalue weighted by Crippen LogP contribution is 2.22. The molecular formula is C33H43N3O6. The molecule has 1 heterocycles. The molecule has 0 unspecified atom stereocenters. The number of carbonyl (C=O) groups is 2. The number of hydrogen-bond donors (Lipinski definition) is 3. The van der Waals surface area contributed by atoms with Gasteiger partial charge in [-0.25, -0.2) is 9.59 Å². The van der Waals surface area contributed by atoms with Gasteiger partial charge in [0.2, 0.25) is 5.91 Å². The Kier molecular flexibility index (Phi) is 11.6. The van der Waals surface area contributed by atoms with Gasteiger partial charge in [-0.2, -0.15) is 0 Å². The van der Waals surface area contributed by atoms with Crippen LogP contribution in [0.4, 0.5) is 11.4 Å². The zero-order valence-electron chi connectivity index (χ0n) is 25.4. The van der Waals surface area contributed by atoms with Crippen LogP contribution in [0.5, 0.6) is 5.75 Å². The summed E-state index contributed by atoms with van der Waals surface area (Å²) in [6.07, 6.45) is 1.30. The number of rotatable bonds is 14. The molecule has 0 spiro atoms. The standard InChI is InChI=1S/C33H43N3O6/c1-7-24(20-34-25-13-15-27(16-14-25)40-21-31(38)42-33(4,5)6)36-32(39)28(17-22(2)3)35-26-18-29(41-30(37)19-26)23-11-9-8-10-12-23/h8-16,18-19,22,24,28,34-35H,7,17,20-21H2,1-6H3,(H,36,39)/t24-,28-/m0/s1. The molecule has 0 aliphatic heterocycles. The van der Waals surface area contributed by atoms with Gasteiger partial charge in [0.25, 0.3) is 0 Å². The van der Waals surface area contributed by atoms with Crippen LogP contribution in [0, 0.1) is 5.92 Å². The van der Waals surface area contributed by atoms with Gasteiger partial charge in [-0.3, -0.25) is 4.79 Å². The molecule has 3 aromatic rings. The van der Waals surface area contributed by atoms with Crippen molar-refractivity contribution in [3.8, 4) is 17.1 Å². The van der Waals surface area contributed by atoms with Crippen molar-refractivity contribution in [3.63, 3.8) is 0 Å². The minimum absolute atomic E-state index is 0.127. The summed E-state index contributed by atoms with van der Waals surface area (Å²) >= 11 is 0. The van der Waals surface area contributed by atoms with Crippen molar-refractivity contribution in [3.05, 3.63) is 77.2 Å². The van der Waals surface area contributed by atoms with Gasteiger partial charge >= 0.3 is 11.6 Å². The van der Waals surface area contributed by atoms with Crippen molar-refractivity contribution in [2.75, 3.05) is 23.8 Å². The smallest absolute Gasteiger partial charge is 0.344 e. The minimum atomic E-state index is -0.561. The molecule has 2 aromatic carbocycles. The van der Waals surface area contributed by atoms with Crippen LogP contribution in [0.25, 0.3) is 11.3 Å². The summed E-state index contributed by atoms with van der Waals surface area (Å²) in [5.74, 6) is 0.670. The van der Waals surface area contributed by atoms with E-state index in [2.05, 4.69) is 29.8 Å². The highest BCUT2D eigenvalue weighted by Gasteiger charge is 2.23. The Morgan fingerprint density at radius 2 is 1.64 bits per heavy atom. The van der Waals surface area contributed by atoms with Gasteiger partial charge in [-0.15, -0.1) is 0 Å². The van der Waals surface area contributed by atoms with Crippen LogP contribution in [-0.4, -0.2) is 42.7 Å². The Morgan fingerprint density at radius 1 is 0.952 bits per heavy atom. The number of ether oxygens (including phenoxy) is 2.